The van der Waals surface area contributed by atoms with E-state index < -0.39 is 10.8 Å². The largest absolute Gasteiger partial charge is 0.316 e. The lowest BCUT2D eigenvalue weighted by Crippen LogP contribution is -2.21. The molecule has 2 aromatic carbocycles. The van der Waals surface area contributed by atoms with E-state index in [2.05, 4.69) is 24.4 Å². The summed E-state index contributed by atoms with van der Waals surface area (Å²) in [7, 11) is -0.905. The molecular formula is C15H19NOS. The smallest absolute Gasteiger partial charge is 0.0542 e. The molecule has 0 heterocycles. The molecule has 0 aliphatic carbocycles. The van der Waals surface area contributed by atoms with E-state index in [1.54, 1.807) is 0 Å². The van der Waals surface area contributed by atoms with Crippen LogP contribution in [-0.2, 0) is 10.8 Å². The van der Waals surface area contributed by atoms with Crippen molar-refractivity contribution in [1.82, 2.24) is 5.32 Å². The Balaban J connectivity index is 2.04. The van der Waals surface area contributed by atoms with E-state index in [9.17, 15) is 4.21 Å². The summed E-state index contributed by atoms with van der Waals surface area (Å²) in [5.41, 5.74) is 0. The van der Waals surface area contributed by atoms with Gasteiger partial charge in [0.1, 0.15) is 0 Å². The van der Waals surface area contributed by atoms with Gasteiger partial charge in [0, 0.05) is 17.2 Å². The third-order valence-corrected chi connectivity index (χ3v) is 4.23. The highest BCUT2D eigenvalue weighted by Crippen LogP contribution is 2.17. The first kappa shape index (κ1) is 13.2. The minimum absolute atomic E-state index is 0.679. The second-order valence-electron chi connectivity index (χ2n) is 4.31. The highest BCUT2D eigenvalue weighted by atomic mass is 32.2. The Kier molecular flexibility index (Phi) is 4.90. The molecule has 0 amide bonds. The monoisotopic (exact) mass is 261 g/mol. The molecule has 0 saturated carbocycles. The third kappa shape index (κ3) is 3.40. The van der Waals surface area contributed by atoms with Crippen molar-refractivity contribution in [3.63, 3.8) is 0 Å². The van der Waals surface area contributed by atoms with Crippen LogP contribution < -0.4 is 5.32 Å². The Labute approximate surface area is 111 Å². The Morgan fingerprint density at radius 2 is 1.83 bits per heavy atom. The molecule has 0 spiro atoms. The fourth-order valence-electron chi connectivity index (χ4n) is 1.89. The molecule has 0 saturated heterocycles. The van der Waals surface area contributed by atoms with Crippen LogP contribution in [0.4, 0.5) is 0 Å². The molecule has 1 unspecified atom stereocenters. The molecule has 0 aliphatic heterocycles. The maximum absolute atomic E-state index is 12.1. The van der Waals surface area contributed by atoms with Crippen LogP contribution in [0.3, 0.4) is 0 Å². The summed E-state index contributed by atoms with van der Waals surface area (Å²) in [6.07, 6.45) is 1.11. The van der Waals surface area contributed by atoms with Crippen LogP contribution in [0.1, 0.15) is 13.3 Å². The lowest BCUT2D eigenvalue weighted by atomic mass is 10.1. The Morgan fingerprint density at radius 1 is 1.06 bits per heavy atom. The summed E-state index contributed by atoms with van der Waals surface area (Å²) in [6, 6.07) is 14.2. The average Bonchev–Trinajstić information content (AvgIpc) is 2.43. The maximum Gasteiger partial charge on any atom is 0.0542 e. The SMILES string of the molecule is CCCNCCS(=O)c1ccc2ccccc2c1. The summed E-state index contributed by atoms with van der Waals surface area (Å²) >= 11 is 0. The molecule has 0 bridgehead atoms. The van der Waals surface area contributed by atoms with Gasteiger partial charge in [-0.1, -0.05) is 37.3 Å². The molecule has 2 rings (SSSR count). The highest BCUT2D eigenvalue weighted by molar-refractivity contribution is 7.85. The van der Waals surface area contributed by atoms with Crippen LogP contribution >= 0.6 is 0 Å². The van der Waals surface area contributed by atoms with Gasteiger partial charge < -0.3 is 5.32 Å². The Morgan fingerprint density at radius 3 is 2.61 bits per heavy atom. The lowest BCUT2D eigenvalue weighted by molar-refractivity contribution is 0.670. The molecule has 3 heteroatoms. The zero-order valence-corrected chi connectivity index (χ0v) is 11.5. The van der Waals surface area contributed by atoms with Gasteiger partial charge in [0.15, 0.2) is 0 Å². The van der Waals surface area contributed by atoms with E-state index in [0.717, 1.165) is 29.8 Å². The Hall–Kier alpha value is -1.19. The lowest BCUT2D eigenvalue weighted by Gasteiger charge is -2.05. The summed E-state index contributed by atoms with van der Waals surface area (Å²) in [4.78, 5) is 0.923. The van der Waals surface area contributed by atoms with Crippen LogP contribution in [-0.4, -0.2) is 23.1 Å². The van der Waals surface area contributed by atoms with Gasteiger partial charge in [0.2, 0.25) is 0 Å². The van der Waals surface area contributed by atoms with Gasteiger partial charge in [-0.15, -0.1) is 0 Å². The fraction of sp³-hybridized carbons (Fsp3) is 0.333. The third-order valence-electron chi connectivity index (χ3n) is 2.87. The van der Waals surface area contributed by atoms with Gasteiger partial charge in [-0.3, -0.25) is 4.21 Å². The van der Waals surface area contributed by atoms with Crippen molar-refractivity contribution >= 4 is 21.6 Å². The van der Waals surface area contributed by atoms with Crippen LogP contribution in [0.5, 0.6) is 0 Å². The van der Waals surface area contributed by atoms with Crippen molar-refractivity contribution in [2.75, 3.05) is 18.8 Å². The van der Waals surface area contributed by atoms with Crippen LogP contribution in [0, 0.1) is 0 Å². The van der Waals surface area contributed by atoms with Gasteiger partial charge in [-0.2, -0.15) is 0 Å². The van der Waals surface area contributed by atoms with E-state index >= 15 is 0 Å². The molecular weight excluding hydrogens is 242 g/mol. The molecule has 0 radical (unpaired) electrons. The van der Waals surface area contributed by atoms with Crippen molar-refractivity contribution in [1.29, 1.82) is 0 Å². The van der Waals surface area contributed by atoms with Crippen LogP contribution in [0.15, 0.2) is 47.4 Å². The van der Waals surface area contributed by atoms with E-state index in [0.29, 0.717) is 5.75 Å². The van der Waals surface area contributed by atoms with Crippen molar-refractivity contribution < 1.29 is 4.21 Å². The standard InChI is InChI=1S/C15H19NOS/c1-2-9-16-10-11-18(17)15-8-7-13-5-3-4-6-14(13)12-15/h3-8,12,16H,2,9-11H2,1H3. The average molecular weight is 261 g/mol. The molecule has 96 valence electrons. The topological polar surface area (TPSA) is 29.1 Å². The quantitative estimate of drug-likeness (QED) is 0.810. The van der Waals surface area contributed by atoms with Crippen LogP contribution in [0.2, 0.25) is 0 Å². The first-order chi connectivity index (χ1) is 8.81. The minimum atomic E-state index is -0.905. The van der Waals surface area contributed by atoms with Gasteiger partial charge >= 0.3 is 0 Å². The summed E-state index contributed by atoms with van der Waals surface area (Å²) in [5.74, 6) is 0.679. The fourth-order valence-corrected chi connectivity index (χ4v) is 2.94. The van der Waals surface area contributed by atoms with Crippen molar-refractivity contribution in [3.05, 3.63) is 42.5 Å². The van der Waals surface area contributed by atoms with Gasteiger partial charge in [-0.05, 0) is 35.9 Å². The van der Waals surface area contributed by atoms with E-state index in [4.69, 9.17) is 0 Å². The number of fused-ring (bicyclic) bond motifs is 1. The molecule has 0 aliphatic rings. The summed E-state index contributed by atoms with van der Waals surface area (Å²) in [5, 5.41) is 5.63. The van der Waals surface area contributed by atoms with Gasteiger partial charge in [0.25, 0.3) is 0 Å². The van der Waals surface area contributed by atoms with Gasteiger partial charge in [0.05, 0.1) is 10.8 Å². The van der Waals surface area contributed by atoms with E-state index in [-0.39, 0.29) is 0 Å². The van der Waals surface area contributed by atoms with Crippen molar-refractivity contribution in [3.8, 4) is 0 Å². The maximum atomic E-state index is 12.1. The predicted octanol–water partition coefficient (Wildman–Crippen LogP) is 2.95. The first-order valence-corrected chi connectivity index (χ1v) is 7.71. The van der Waals surface area contributed by atoms with E-state index in [1.807, 2.05) is 30.3 Å². The predicted molar refractivity (Wildman–Crippen MR) is 78.4 cm³/mol. The number of hydrogen-bond acceptors (Lipinski definition) is 2. The zero-order valence-electron chi connectivity index (χ0n) is 10.7. The van der Waals surface area contributed by atoms with Crippen LogP contribution in [0.25, 0.3) is 10.8 Å². The molecule has 0 fully saturated rings. The second kappa shape index (κ2) is 6.66. The molecule has 1 atom stereocenters. The first-order valence-electron chi connectivity index (χ1n) is 6.39. The number of benzene rings is 2. The molecule has 0 aromatic heterocycles. The van der Waals surface area contributed by atoms with Crippen molar-refractivity contribution in [2.24, 2.45) is 0 Å². The minimum Gasteiger partial charge on any atom is -0.316 e. The van der Waals surface area contributed by atoms with Crippen molar-refractivity contribution in [2.45, 2.75) is 18.2 Å². The molecule has 2 aromatic rings. The summed E-state index contributed by atoms with van der Waals surface area (Å²) in [6.45, 7) is 3.94. The molecule has 1 N–H and O–H groups in total. The number of nitrogens with one attached hydrogen (secondary N) is 1. The summed E-state index contributed by atoms with van der Waals surface area (Å²) < 4.78 is 12.1. The molecule has 18 heavy (non-hydrogen) atoms. The number of rotatable bonds is 6. The zero-order chi connectivity index (χ0) is 12.8. The number of hydrogen-bond donors (Lipinski definition) is 1. The Bertz CT molecular complexity index is 539. The molecule has 2 nitrogen and oxygen atoms in total. The second-order valence-corrected chi connectivity index (χ2v) is 5.88. The normalized spacial score (nSPS) is 12.7. The van der Waals surface area contributed by atoms with E-state index in [1.165, 1.54) is 5.39 Å². The highest BCUT2D eigenvalue weighted by Gasteiger charge is 2.04. The van der Waals surface area contributed by atoms with Gasteiger partial charge in [-0.25, -0.2) is 0 Å².